The van der Waals surface area contributed by atoms with E-state index in [0.717, 1.165) is 42.4 Å². The first-order valence-electron chi connectivity index (χ1n) is 8.54. The Bertz CT molecular complexity index is 941. The number of hydrogen-bond donors (Lipinski definition) is 1. The van der Waals surface area contributed by atoms with Gasteiger partial charge in [0.2, 0.25) is 0 Å². The van der Waals surface area contributed by atoms with Crippen molar-refractivity contribution in [3.05, 3.63) is 57.3 Å². The van der Waals surface area contributed by atoms with E-state index in [-0.39, 0.29) is 5.78 Å². The number of aliphatic hydroxyl groups excluding tert-OH is 1. The number of aromatic nitrogens is 4. The summed E-state index contributed by atoms with van der Waals surface area (Å²) < 4.78 is 3.64. The van der Waals surface area contributed by atoms with Crippen molar-refractivity contribution < 1.29 is 9.90 Å². The van der Waals surface area contributed by atoms with Gasteiger partial charge in [-0.25, -0.2) is 0 Å². The summed E-state index contributed by atoms with van der Waals surface area (Å²) in [6, 6.07) is 5.76. The Kier molecular flexibility index (Phi) is 4.47. The van der Waals surface area contributed by atoms with Crippen LogP contribution < -0.4 is 0 Å². The number of aryl methyl sites for hydroxylation is 1. The summed E-state index contributed by atoms with van der Waals surface area (Å²) in [4.78, 5) is 14.6. The minimum absolute atomic E-state index is 0.117. The van der Waals surface area contributed by atoms with Gasteiger partial charge in [-0.2, -0.15) is 10.2 Å². The topological polar surface area (TPSA) is 76.2 Å². The van der Waals surface area contributed by atoms with Crippen molar-refractivity contribution in [3.63, 3.8) is 0 Å². The van der Waals surface area contributed by atoms with Gasteiger partial charge in [-0.3, -0.25) is 19.1 Å². The summed E-state index contributed by atoms with van der Waals surface area (Å²) in [7, 11) is 1.81. The number of fused-ring (bicyclic) bond motifs is 1. The number of rotatable bonds is 5. The quantitative estimate of drug-likeness (QED) is 0.694. The monoisotopic (exact) mass is 371 g/mol. The fourth-order valence-corrected chi connectivity index (χ4v) is 4.12. The molecule has 4 rings (SSSR count). The number of hydrogen-bond acceptors (Lipinski definition) is 6. The van der Waals surface area contributed by atoms with Crippen LogP contribution in [-0.4, -0.2) is 41.9 Å². The molecule has 0 fully saturated rings. The molecule has 0 bridgehead atoms. The van der Waals surface area contributed by atoms with Gasteiger partial charge in [-0.05, 0) is 36.1 Å². The first-order chi connectivity index (χ1) is 12.5. The van der Waals surface area contributed by atoms with Gasteiger partial charge in [0.05, 0.1) is 28.5 Å². The number of thiophene rings is 1. The molecule has 0 saturated heterocycles. The Morgan fingerprint density at radius 2 is 2.23 bits per heavy atom. The molecule has 0 unspecified atom stereocenters. The predicted molar refractivity (Wildman–Crippen MR) is 97.9 cm³/mol. The van der Waals surface area contributed by atoms with Crippen molar-refractivity contribution in [1.29, 1.82) is 0 Å². The first-order valence-corrected chi connectivity index (χ1v) is 9.42. The van der Waals surface area contributed by atoms with Crippen molar-refractivity contribution in [3.8, 4) is 0 Å². The zero-order valence-electron chi connectivity index (χ0n) is 14.8. The van der Waals surface area contributed by atoms with Crippen LogP contribution in [0.25, 0.3) is 0 Å². The van der Waals surface area contributed by atoms with Gasteiger partial charge in [0.25, 0.3) is 0 Å². The van der Waals surface area contributed by atoms with E-state index in [1.807, 2.05) is 23.9 Å². The van der Waals surface area contributed by atoms with Crippen LogP contribution in [0.4, 0.5) is 0 Å². The van der Waals surface area contributed by atoms with E-state index >= 15 is 0 Å². The summed E-state index contributed by atoms with van der Waals surface area (Å²) in [6.45, 7) is 4.87. The highest BCUT2D eigenvalue weighted by Gasteiger charge is 2.23. The smallest absolute Gasteiger partial charge is 0.169 e. The number of carbonyl (C=O) groups is 1. The normalized spacial score (nSPS) is 15.8. The minimum Gasteiger partial charge on any atom is -0.380 e. The predicted octanol–water partition coefficient (Wildman–Crippen LogP) is 1.98. The van der Waals surface area contributed by atoms with E-state index in [1.165, 1.54) is 16.9 Å². The van der Waals surface area contributed by atoms with Crippen LogP contribution in [0.15, 0.2) is 29.8 Å². The Morgan fingerprint density at radius 3 is 2.92 bits per heavy atom. The van der Waals surface area contributed by atoms with Gasteiger partial charge in [-0.15, -0.1) is 11.3 Å². The highest BCUT2D eigenvalue weighted by atomic mass is 32.1. The number of Topliss-reactive ketones (excluding diaryl/α,β-unsaturated/α-hetero) is 1. The standard InChI is InChI=1S/C18H21N5O2S/c1-12(24)17-7-13(11-26-17)9-22-5-6-23-14(10-22)8-15(20-23)18(25)16-3-4-19-21(16)2/h3-4,7-8,11,18,25H,5-6,9-10H2,1-2H3/t18-/m1/s1. The van der Waals surface area contributed by atoms with E-state index in [2.05, 4.69) is 20.5 Å². The summed E-state index contributed by atoms with van der Waals surface area (Å²) in [5.41, 5.74) is 3.64. The molecule has 8 heteroatoms. The third-order valence-corrected chi connectivity index (χ3v) is 5.80. The van der Waals surface area contributed by atoms with E-state index in [0.29, 0.717) is 5.69 Å². The second-order valence-corrected chi connectivity index (χ2v) is 7.56. The largest absolute Gasteiger partial charge is 0.380 e. The van der Waals surface area contributed by atoms with Crippen molar-refractivity contribution in [2.75, 3.05) is 6.54 Å². The SMILES string of the molecule is CC(=O)c1cc(CN2CCn3nc([C@@H](O)c4ccnn4C)cc3C2)cs1. The molecule has 136 valence electrons. The molecule has 0 aliphatic carbocycles. The molecule has 1 aliphatic heterocycles. The molecule has 3 aromatic rings. The first kappa shape index (κ1) is 17.1. The van der Waals surface area contributed by atoms with Gasteiger partial charge in [0.15, 0.2) is 5.78 Å². The Balaban J connectivity index is 1.48. The van der Waals surface area contributed by atoms with Gasteiger partial charge < -0.3 is 5.11 Å². The second kappa shape index (κ2) is 6.79. The fourth-order valence-electron chi connectivity index (χ4n) is 3.32. The van der Waals surface area contributed by atoms with Crippen LogP contribution in [0.2, 0.25) is 0 Å². The van der Waals surface area contributed by atoms with E-state index in [1.54, 1.807) is 23.9 Å². The van der Waals surface area contributed by atoms with Crippen LogP contribution in [0.5, 0.6) is 0 Å². The molecule has 0 saturated carbocycles. The lowest BCUT2D eigenvalue weighted by molar-refractivity contribution is 0.102. The fraction of sp³-hybridized carbons (Fsp3) is 0.389. The lowest BCUT2D eigenvalue weighted by atomic mass is 10.1. The molecule has 0 amide bonds. The number of nitrogens with zero attached hydrogens (tertiary/aromatic N) is 5. The van der Waals surface area contributed by atoms with E-state index in [4.69, 9.17) is 0 Å². The molecule has 7 nitrogen and oxygen atoms in total. The second-order valence-electron chi connectivity index (χ2n) is 6.65. The number of ketones is 1. The molecule has 3 aromatic heterocycles. The molecule has 1 aliphatic rings. The lowest BCUT2D eigenvalue weighted by Crippen LogP contribution is -2.33. The maximum Gasteiger partial charge on any atom is 0.169 e. The van der Waals surface area contributed by atoms with Crippen LogP contribution in [-0.2, 0) is 26.7 Å². The minimum atomic E-state index is -0.774. The molecule has 0 aromatic carbocycles. The van der Waals surface area contributed by atoms with E-state index < -0.39 is 6.10 Å². The third kappa shape index (κ3) is 3.23. The molecule has 0 radical (unpaired) electrons. The summed E-state index contributed by atoms with van der Waals surface area (Å²) >= 11 is 1.50. The maximum atomic E-state index is 11.5. The summed E-state index contributed by atoms with van der Waals surface area (Å²) in [5, 5.41) is 21.3. The molecule has 4 heterocycles. The Hall–Kier alpha value is -2.29. The van der Waals surface area contributed by atoms with Crippen molar-refractivity contribution in [1.82, 2.24) is 24.5 Å². The van der Waals surface area contributed by atoms with Gasteiger partial charge in [-0.1, -0.05) is 0 Å². The van der Waals surface area contributed by atoms with Crippen molar-refractivity contribution >= 4 is 17.1 Å². The number of aliphatic hydroxyl groups is 1. The summed E-state index contributed by atoms with van der Waals surface area (Å²) in [5.74, 6) is 0.117. The average Bonchev–Trinajstić information content (AvgIpc) is 3.33. The molecule has 1 N–H and O–H groups in total. The number of carbonyl (C=O) groups excluding carboxylic acids is 1. The lowest BCUT2D eigenvalue weighted by Gasteiger charge is -2.27. The van der Waals surface area contributed by atoms with E-state index in [9.17, 15) is 9.90 Å². The van der Waals surface area contributed by atoms with Crippen LogP contribution >= 0.6 is 11.3 Å². The van der Waals surface area contributed by atoms with Crippen LogP contribution in [0.1, 0.15) is 45.3 Å². The van der Waals surface area contributed by atoms with Gasteiger partial charge >= 0.3 is 0 Å². The average molecular weight is 371 g/mol. The van der Waals surface area contributed by atoms with Gasteiger partial charge in [0.1, 0.15) is 6.10 Å². The highest BCUT2D eigenvalue weighted by molar-refractivity contribution is 7.12. The molecular formula is C18H21N5O2S. The maximum absolute atomic E-state index is 11.5. The molecule has 26 heavy (non-hydrogen) atoms. The van der Waals surface area contributed by atoms with Crippen molar-refractivity contribution in [2.24, 2.45) is 7.05 Å². The Labute approximate surface area is 155 Å². The zero-order chi connectivity index (χ0) is 18.3. The summed E-state index contributed by atoms with van der Waals surface area (Å²) in [6.07, 6.45) is 0.899. The molecule has 0 spiro atoms. The van der Waals surface area contributed by atoms with Crippen LogP contribution in [0, 0.1) is 0 Å². The zero-order valence-corrected chi connectivity index (χ0v) is 15.6. The van der Waals surface area contributed by atoms with Gasteiger partial charge in [0, 0.05) is 32.9 Å². The van der Waals surface area contributed by atoms with Crippen molar-refractivity contribution in [2.45, 2.75) is 32.7 Å². The highest BCUT2D eigenvalue weighted by Crippen LogP contribution is 2.24. The Morgan fingerprint density at radius 1 is 1.38 bits per heavy atom. The van der Waals surface area contributed by atoms with Crippen LogP contribution in [0.3, 0.4) is 0 Å². The molecular weight excluding hydrogens is 350 g/mol. The molecule has 1 atom stereocenters. The third-order valence-electron chi connectivity index (χ3n) is 4.72.